The maximum atomic E-state index is 4.06. The highest BCUT2D eigenvalue weighted by molar-refractivity contribution is 5.35. The van der Waals surface area contributed by atoms with Crippen LogP contribution in [0, 0.1) is 0 Å². The Morgan fingerprint density at radius 3 is 3.13 bits per heavy atom. The first-order valence-corrected chi connectivity index (χ1v) is 5.48. The number of aromatic amines is 1. The standard InChI is InChI=1S/C13H14N2/c1-2-4-13-10(3-1)5-6-11(13)7-12-8-14-9-15-12/h1-4,8-9,11H,5-7H2,(H,14,15). The van der Waals surface area contributed by atoms with Crippen molar-refractivity contribution in [3.05, 3.63) is 53.6 Å². The number of hydrogen-bond donors (Lipinski definition) is 1. The van der Waals surface area contributed by atoms with Crippen LogP contribution in [0.5, 0.6) is 0 Å². The van der Waals surface area contributed by atoms with Crippen molar-refractivity contribution in [3.63, 3.8) is 0 Å². The maximum absolute atomic E-state index is 4.06. The number of hydrogen-bond acceptors (Lipinski definition) is 1. The molecule has 1 aromatic heterocycles. The Kier molecular flexibility index (Phi) is 2.05. The number of aryl methyl sites for hydroxylation is 1. The van der Waals surface area contributed by atoms with E-state index >= 15 is 0 Å². The Bertz CT molecular complexity index is 445. The number of fused-ring (bicyclic) bond motifs is 1. The largest absolute Gasteiger partial charge is 0.348 e. The molecule has 1 atom stereocenters. The SMILES string of the molecule is c1ccc2c(c1)CCC2Cc1cnc[nH]1. The molecule has 0 fully saturated rings. The van der Waals surface area contributed by atoms with Crippen LogP contribution < -0.4 is 0 Å². The molecule has 0 bridgehead atoms. The maximum Gasteiger partial charge on any atom is 0.0921 e. The van der Waals surface area contributed by atoms with Gasteiger partial charge in [0.25, 0.3) is 0 Å². The molecule has 3 rings (SSSR count). The predicted octanol–water partition coefficient (Wildman–Crippen LogP) is 2.68. The highest BCUT2D eigenvalue weighted by Gasteiger charge is 2.22. The molecule has 0 amide bonds. The van der Waals surface area contributed by atoms with E-state index < -0.39 is 0 Å². The summed E-state index contributed by atoms with van der Waals surface area (Å²) in [5.41, 5.74) is 4.31. The average molecular weight is 198 g/mol. The zero-order valence-electron chi connectivity index (χ0n) is 8.61. The molecule has 0 saturated carbocycles. The normalized spacial score (nSPS) is 19.1. The quantitative estimate of drug-likeness (QED) is 0.789. The van der Waals surface area contributed by atoms with Gasteiger partial charge in [-0.05, 0) is 36.3 Å². The van der Waals surface area contributed by atoms with Crippen LogP contribution in [-0.4, -0.2) is 9.97 Å². The second-order valence-corrected chi connectivity index (χ2v) is 4.22. The van der Waals surface area contributed by atoms with Crippen molar-refractivity contribution in [2.24, 2.45) is 0 Å². The zero-order chi connectivity index (χ0) is 10.1. The molecule has 1 aliphatic carbocycles. The second-order valence-electron chi connectivity index (χ2n) is 4.22. The van der Waals surface area contributed by atoms with Gasteiger partial charge in [0.05, 0.1) is 6.33 Å². The van der Waals surface area contributed by atoms with Crippen molar-refractivity contribution in [2.75, 3.05) is 0 Å². The summed E-state index contributed by atoms with van der Waals surface area (Å²) in [6, 6.07) is 8.80. The molecule has 2 aromatic rings. The van der Waals surface area contributed by atoms with Crippen LogP contribution in [0.1, 0.15) is 29.2 Å². The molecule has 1 aromatic carbocycles. The van der Waals surface area contributed by atoms with Gasteiger partial charge in [0.1, 0.15) is 0 Å². The van der Waals surface area contributed by atoms with Crippen LogP contribution in [0.15, 0.2) is 36.8 Å². The van der Waals surface area contributed by atoms with Gasteiger partial charge in [-0.1, -0.05) is 24.3 Å². The third-order valence-electron chi connectivity index (χ3n) is 3.28. The van der Waals surface area contributed by atoms with Gasteiger partial charge in [-0.3, -0.25) is 0 Å². The Morgan fingerprint density at radius 2 is 2.27 bits per heavy atom. The molecular formula is C13H14N2. The fraction of sp³-hybridized carbons (Fsp3) is 0.308. The molecule has 76 valence electrons. The van der Waals surface area contributed by atoms with E-state index in [1.54, 1.807) is 6.33 Å². The molecule has 1 heterocycles. The lowest BCUT2D eigenvalue weighted by atomic mass is 9.97. The van der Waals surface area contributed by atoms with Crippen LogP contribution in [0.25, 0.3) is 0 Å². The number of aromatic nitrogens is 2. The number of H-pyrrole nitrogens is 1. The van der Waals surface area contributed by atoms with Crippen molar-refractivity contribution in [1.82, 2.24) is 9.97 Å². The van der Waals surface area contributed by atoms with Crippen LogP contribution in [-0.2, 0) is 12.8 Å². The molecule has 0 aliphatic heterocycles. The van der Waals surface area contributed by atoms with E-state index in [0.717, 1.165) is 6.42 Å². The van der Waals surface area contributed by atoms with Gasteiger partial charge in [0.15, 0.2) is 0 Å². The topological polar surface area (TPSA) is 28.7 Å². The summed E-state index contributed by atoms with van der Waals surface area (Å²) in [7, 11) is 0. The van der Waals surface area contributed by atoms with Gasteiger partial charge in [0, 0.05) is 11.9 Å². The van der Waals surface area contributed by atoms with E-state index in [0.29, 0.717) is 5.92 Å². The highest BCUT2D eigenvalue weighted by atomic mass is 14.9. The van der Waals surface area contributed by atoms with Crippen LogP contribution in [0.2, 0.25) is 0 Å². The van der Waals surface area contributed by atoms with Crippen LogP contribution in [0.4, 0.5) is 0 Å². The van der Waals surface area contributed by atoms with Crippen molar-refractivity contribution < 1.29 is 0 Å². The van der Waals surface area contributed by atoms with E-state index in [1.165, 1.54) is 29.7 Å². The molecule has 0 radical (unpaired) electrons. The molecule has 15 heavy (non-hydrogen) atoms. The van der Waals surface area contributed by atoms with Crippen molar-refractivity contribution in [3.8, 4) is 0 Å². The molecule has 1 N–H and O–H groups in total. The van der Waals surface area contributed by atoms with Gasteiger partial charge in [-0.25, -0.2) is 4.98 Å². The Balaban J connectivity index is 1.85. The Morgan fingerprint density at radius 1 is 1.33 bits per heavy atom. The molecule has 1 unspecified atom stereocenters. The molecule has 2 heteroatoms. The fourth-order valence-corrected chi connectivity index (χ4v) is 2.52. The van der Waals surface area contributed by atoms with Crippen molar-refractivity contribution >= 4 is 0 Å². The minimum Gasteiger partial charge on any atom is -0.348 e. The first-order valence-electron chi connectivity index (χ1n) is 5.48. The summed E-state index contributed by atoms with van der Waals surface area (Å²) < 4.78 is 0. The molecule has 1 aliphatic rings. The fourth-order valence-electron chi connectivity index (χ4n) is 2.52. The van der Waals surface area contributed by atoms with E-state index in [2.05, 4.69) is 34.2 Å². The van der Waals surface area contributed by atoms with Crippen molar-refractivity contribution in [2.45, 2.75) is 25.2 Å². The van der Waals surface area contributed by atoms with Gasteiger partial charge < -0.3 is 4.98 Å². The van der Waals surface area contributed by atoms with Gasteiger partial charge in [-0.15, -0.1) is 0 Å². The van der Waals surface area contributed by atoms with Gasteiger partial charge >= 0.3 is 0 Å². The van der Waals surface area contributed by atoms with E-state index in [-0.39, 0.29) is 0 Å². The van der Waals surface area contributed by atoms with Crippen LogP contribution in [0.3, 0.4) is 0 Å². The Hall–Kier alpha value is -1.57. The van der Waals surface area contributed by atoms with E-state index in [4.69, 9.17) is 0 Å². The zero-order valence-corrected chi connectivity index (χ0v) is 8.61. The minimum absolute atomic E-state index is 0.682. The summed E-state index contributed by atoms with van der Waals surface area (Å²) in [5.74, 6) is 0.682. The number of imidazole rings is 1. The Labute approximate surface area is 89.4 Å². The summed E-state index contributed by atoms with van der Waals surface area (Å²) >= 11 is 0. The van der Waals surface area contributed by atoms with Gasteiger partial charge in [-0.2, -0.15) is 0 Å². The lowest BCUT2D eigenvalue weighted by Gasteiger charge is -2.09. The van der Waals surface area contributed by atoms with E-state index in [9.17, 15) is 0 Å². The predicted molar refractivity (Wildman–Crippen MR) is 59.8 cm³/mol. The molecule has 0 saturated heterocycles. The number of rotatable bonds is 2. The first kappa shape index (κ1) is 8.72. The average Bonchev–Trinajstić information content (AvgIpc) is 2.89. The number of nitrogens with one attached hydrogen (secondary N) is 1. The molecular weight excluding hydrogens is 184 g/mol. The van der Waals surface area contributed by atoms with E-state index in [1.807, 2.05) is 6.20 Å². The minimum atomic E-state index is 0.682. The lowest BCUT2D eigenvalue weighted by Crippen LogP contribution is -1.98. The molecule has 2 nitrogen and oxygen atoms in total. The lowest BCUT2D eigenvalue weighted by molar-refractivity contribution is 0.666. The highest BCUT2D eigenvalue weighted by Crippen LogP contribution is 2.34. The first-order chi connectivity index (χ1) is 7.43. The van der Waals surface area contributed by atoms with Crippen LogP contribution >= 0.6 is 0 Å². The summed E-state index contributed by atoms with van der Waals surface area (Å²) in [4.78, 5) is 7.25. The second kappa shape index (κ2) is 3.54. The smallest absolute Gasteiger partial charge is 0.0921 e. The third-order valence-corrected chi connectivity index (χ3v) is 3.28. The monoisotopic (exact) mass is 198 g/mol. The number of benzene rings is 1. The van der Waals surface area contributed by atoms with Gasteiger partial charge in [0.2, 0.25) is 0 Å². The molecule has 0 spiro atoms. The van der Waals surface area contributed by atoms with Crippen molar-refractivity contribution in [1.29, 1.82) is 0 Å². The summed E-state index contributed by atoms with van der Waals surface area (Å²) in [6.07, 6.45) is 7.29. The summed E-state index contributed by atoms with van der Waals surface area (Å²) in [6.45, 7) is 0. The summed E-state index contributed by atoms with van der Waals surface area (Å²) in [5, 5.41) is 0. The number of nitrogens with zero attached hydrogens (tertiary/aromatic N) is 1. The third kappa shape index (κ3) is 1.56.